The summed E-state index contributed by atoms with van der Waals surface area (Å²) in [5.74, 6) is 13.6. The Morgan fingerprint density at radius 3 is 1.14 bits per heavy atom. The van der Waals surface area contributed by atoms with Gasteiger partial charge >= 0.3 is 0 Å². The molecule has 0 saturated carbocycles. The summed E-state index contributed by atoms with van der Waals surface area (Å²) in [6.07, 6.45) is 0. The van der Waals surface area contributed by atoms with Gasteiger partial charge in [-0.2, -0.15) is 0 Å². The minimum Gasteiger partial charge on any atom is -0.0951 e. The predicted molar refractivity (Wildman–Crippen MR) is 95.3 cm³/mol. The van der Waals surface area contributed by atoms with E-state index in [-0.39, 0.29) is 0 Å². The van der Waals surface area contributed by atoms with Crippen LogP contribution in [0.25, 0.3) is 11.1 Å². The lowest BCUT2D eigenvalue weighted by Crippen LogP contribution is -1.83. The third-order valence-electron chi connectivity index (χ3n) is 3.11. The Bertz CT molecular complexity index is 654. The fraction of sp³-hybridized carbons (Fsp3) is 0.273. The maximum absolute atomic E-state index is 3.19. The van der Waals surface area contributed by atoms with Crippen LogP contribution in [0.1, 0.15) is 38.8 Å². The molecule has 2 aromatic carbocycles. The van der Waals surface area contributed by atoms with Gasteiger partial charge in [-0.05, 0) is 35.4 Å². The average Bonchev–Trinajstić information content (AvgIpc) is 2.52. The molecule has 0 radical (unpaired) electrons. The largest absolute Gasteiger partial charge is 0.0951 e. The first-order chi connectivity index (χ1) is 10.5. The SMILES string of the molecule is CC(C)C#Cc1ccc(-c2ccc(C#CC(C)C)cc2)cc1. The summed E-state index contributed by atoms with van der Waals surface area (Å²) in [5, 5.41) is 0. The van der Waals surface area contributed by atoms with E-state index in [1.807, 2.05) is 0 Å². The Kier molecular flexibility index (Phi) is 5.46. The molecule has 0 aliphatic rings. The molecule has 0 heterocycles. The first-order valence-corrected chi connectivity index (χ1v) is 7.78. The van der Waals surface area contributed by atoms with E-state index in [2.05, 4.69) is 99.9 Å². The fourth-order valence-electron chi connectivity index (χ4n) is 1.95. The molecule has 0 atom stereocenters. The van der Waals surface area contributed by atoms with Gasteiger partial charge in [0.15, 0.2) is 0 Å². The van der Waals surface area contributed by atoms with Gasteiger partial charge in [-0.15, -0.1) is 0 Å². The van der Waals surface area contributed by atoms with Crippen LogP contribution in [0.3, 0.4) is 0 Å². The monoisotopic (exact) mass is 286 g/mol. The number of hydrogen-bond acceptors (Lipinski definition) is 0. The average molecular weight is 286 g/mol. The first kappa shape index (κ1) is 15.9. The van der Waals surface area contributed by atoms with Crippen LogP contribution in [0, 0.1) is 35.5 Å². The van der Waals surface area contributed by atoms with Gasteiger partial charge in [0.25, 0.3) is 0 Å². The van der Waals surface area contributed by atoms with Crippen LogP contribution < -0.4 is 0 Å². The Morgan fingerprint density at radius 2 is 0.864 bits per heavy atom. The van der Waals surface area contributed by atoms with Crippen molar-refractivity contribution in [2.75, 3.05) is 0 Å². The lowest BCUT2D eigenvalue weighted by molar-refractivity contribution is 0.866. The molecule has 2 rings (SSSR count). The summed E-state index contributed by atoms with van der Waals surface area (Å²) >= 11 is 0. The highest BCUT2D eigenvalue weighted by atomic mass is 14.0. The predicted octanol–water partition coefficient (Wildman–Crippen LogP) is 5.37. The standard InChI is InChI=1S/C22H22/c1-17(2)5-7-19-9-13-21(14-10-19)22-15-11-20(12-16-22)8-6-18(3)4/h9-18H,1-4H3. The zero-order chi connectivity index (χ0) is 15.9. The fourth-order valence-corrected chi connectivity index (χ4v) is 1.95. The molecule has 0 nitrogen and oxygen atoms in total. The molecule has 0 N–H and O–H groups in total. The zero-order valence-corrected chi connectivity index (χ0v) is 13.8. The van der Waals surface area contributed by atoms with Crippen LogP contribution in [0.15, 0.2) is 48.5 Å². The van der Waals surface area contributed by atoms with E-state index in [4.69, 9.17) is 0 Å². The number of hydrogen-bond donors (Lipinski definition) is 0. The normalized spacial score (nSPS) is 9.91. The van der Waals surface area contributed by atoms with Crippen LogP contribution in [0.2, 0.25) is 0 Å². The van der Waals surface area contributed by atoms with Crippen LogP contribution in [0.5, 0.6) is 0 Å². The lowest BCUT2D eigenvalue weighted by Gasteiger charge is -2.02. The molecule has 0 bridgehead atoms. The summed E-state index contributed by atoms with van der Waals surface area (Å²) in [7, 11) is 0. The topological polar surface area (TPSA) is 0 Å². The summed E-state index contributed by atoms with van der Waals surface area (Å²) in [4.78, 5) is 0. The molecule has 2 aromatic rings. The van der Waals surface area contributed by atoms with E-state index in [1.165, 1.54) is 11.1 Å². The molecule has 0 aromatic heterocycles. The highest BCUT2D eigenvalue weighted by Crippen LogP contribution is 2.20. The van der Waals surface area contributed by atoms with Gasteiger partial charge < -0.3 is 0 Å². The molecule has 0 fully saturated rings. The highest BCUT2D eigenvalue weighted by Gasteiger charge is 1.97. The van der Waals surface area contributed by atoms with Crippen molar-refractivity contribution in [2.45, 2.75) is 27.7 Å². The summed E-state index contributed by atoms with van der Waals surface area (Å²) in [6, 6.07) is 16.8. The van der Waals surface area contributed by atoms with Crippen molar-refractivity contribution in [2.24, 2.45) is 11.8 Å². The van der Waals surface area contributed by atoms with Crippen molar-refractivity contribution in [1.82, 2.24) is 0 Å². The Hall–Kier alpha value is -2.44. The molecule has 0 spiro atoms. The molecule has 0 heteroatoms. The van der Waals surface area contributed by atoms with E-state index < -0.39 is 0 Å². The smallest absolute Gasteiger partial charge is 0.0245 e. The number of benzene rings is 2. The van der Waals surface area contributed by atoms with Crippen LogP contribution in [0.4, 0.5) is 0 Å². The van der Waals surface area contributed by atoms with Gasteiger partial charge in [0.05, 0.1) is 0 Å². The second-order valence-corrected chi connectivity index (χ2v) is 6.00. The summed E-state index contributed by atoms with van der Waals surface area (Å²) in [5.41, 5.74) is 4.55. The molecule has 110 valence electrons. The molecule has 0 unspecified atom stereocenters. The van der Waals surface area contributed by atoms with Crippen molar-refractivity contribution in [3.63, 3.8) is 0 Å². The molecule has 0 aliphatic carbocycles. The third kappa shape index (κ3) is 4.83. The Labute approximate surface area is 134 Å². The van der Waals surface area contributed by atoms with Crippen LogP contribution in [-0.4, -0.2) is 0 Å². The second-order valence-electron chi connectivity index (χ2n) is 6.00. The molecule has 0 aliphatic heterocycles. The van der Waals surface area contributed by atoms with Crippen LogP contribution in [-0.2, 0) is 0 Å². The Morgan fingerprint density at radius 1 is 0.545 bits per heavy atom. The van der Waals surface area contributed by atoms with Gasteiger partial charge in [-0.1, -0.05) is 75.6 Å². The third-order valence-corrected chi connectivity index (χ3v) is 3.11. The first-order valence-electron chi connectivity index (χ1n) is 7.78. The van der Waals surface area contributed by atoms with E-state index in [0.29, 0.717) is 11.8 Å². The van der Waals surface area contributed by atoms with Gasteiger partial charge in [0.1, 0.15) is 0 Å². The van der Waals surface area contributed by atoms with Crippen molar-refractivity contribution >= 4 is 0 Å². The van der Waals surface area contributed by atoms with Gasteiger partial charge in [-0.3, -0.25) is 0 Å². The van der Waals surface area contributed by atoms with Crippen LogP contribution >= 0.6 is 0 Å². The van der Waals surface area contributed by atoms with Crippen molar-refractivity contribution in [1.29, 1.82) is 0 Å². The Balaban J connectivity index is 2.16. The van der Waals surface area contributed by atoms with Gasteiger partial charge in [0.2, 0.25) is 0 Å². The summed E-state index contributed by atoms with van der Waals surface area (Å²) in [6.45, 7) is 8.41. The second kappa shape index (κ2) is 7.53. The summed E-state index contributed by atoms with van der Waals surface area (Å²) < 4.78 is 0. The molecular formula is C22H22. The van der Waals surface area contributed by atoms with Crippen molar-refractivity contribution < 1.29 is 0 Å². The number of rotatable bonds is 1. The van der Waals surface area contributed by atoms with E-state index >= 15 is 0 Å². The van der Waals surface area contributed by atoms with Gasteiger partial charge in [-0.25, -0.2) is 0 Å². The molecule has 0 saturated heterocycles. The van der Waals surface area contributed by atoms with E-state index in [1.54, 1.807) is 0 Å². The lowest BCUT2D eigenvalue weighted by atomic mass is 10.0. The van der Waals surface area contributed by atoms with E-state index in [0.717, 1.165) is 11.1 Å². The van der Waals surface area contributed by atoms with Crippen molar-refractivity contribution in [3.8, 4) is 34.8 Å². The minimum atomic E-state index is 0.402. The quantitative estimate of drug-likeness (QED) is 0.618. The maximum atomic E-state index is 3.19. The minimum absolute atomic E-state index is 0.402. The molecular weight excluding hydrogens is 264 g/mol. The van der Waals surface area contributed by atoms with E-state index in [9.17, 15) is 0 Å². The molecule has 0 amide bonds. The maximum Gasteiger partial charge on any atom is 0.0245 e. The van der Waals surface area contributed by atoms with Crippen molar-refractivity contribution in [3.05, 3.63) is 59.7 Å². The highest BCUT2D eigenvalue weighted by molar-refractivity contribution is 5.65. The van der Waals surface area contributed by atoms with Gasteiger partial charge in [0, 0.05) is 23.0 Å². The zero-order valence-electron chi connectivity index (χ0n) is 13.8. The molecule has 22 heavy (non-hydrogen) atoms.